The van der Waals surface area contributed by atoms with Crippen molar-refractivity contribution in [3.8, 4) is 0 Å². The highest BCUT2D eigenvalue weighted by Crippen LogP contribution is 2.18. The van der Waals surface area contributed by atoms with Crippen molar-refractivity contribution in [1.82, 2.24) is 4.90 Å². The number of halogens is 2. The van der Waals surface area contributed by atoms with Gasteiger partial charge >= 0.3 is 0 Å². The van der Waals surface area contributed by atoms with Gasteiger partial charge in [-0.25, -0.2) is 8.78 Å². The monoisotopic (exact) mass is 293 g/mol. The Labute approximate surface area is 122 Å². The Kier molecular flexibility index (Phi) is 5.56. The van der Waals surface area contributed by atoms with Crippen LogP contribution in [0.1, 0.15) is 5.56 Å². The summed E-state index contributed by atoms with van der Waals surface area (Å²) in [4.78, 5) is 3.26. The van der Waals surface area contributed by atoms with Crippen LogP contribution in [0.4, 0.5) is 8.78 Å². The van der Waals surface area contributed by atoms with Crippen LogP contribution in [-0.4, -0.2) is 24.2 Å². The Morgan fingerprint density at radius 1 is 0.900 bits per heavy atom. The maximum Gasteiger partial charge on any atom is 0.123 e. The number of hydrogen-bond acceptors (Lipinski definition) is 2. The van der Waals surface area contributed by atoms with Crippen LogP contribution in [-0.2, 0) is 6.54 Å². The summed E-state index contributed by atoms with van der Waals surface area (Å²) in [6, 6.07) is 13.1. The van der Waals surface area contributed by atoms with Crippen molar-refractivity contribution < 1.29 is 8.78 Å². The molecule has 0 spiro atoms. The van der Waals surface area contributed by atoms with Crippen LogP contribution in [0.5, 0.6) is 0 Å². The van der Waals surface area contributed by atoms with Gasteiger partial charge in [-0.15, -0.1) is 11.8 Å². The fourth-order valence-corrected chi connectivity index (χ4v) is 2.80. The van der Waals surface area contributed by atoms with Gasteiger partial charge < -0.3 is 4.90 Å². The van der Waals surface area contributed by atoms with E-state index < -0.39 is 0 Å². The molecule has 0 saturated carbocycles. The summed E-state index contributed by atoms with van der Waals surface area (Å²) in [6.07, 6.45) is 0. The number of hydrogen-bond donors (Lipinski definition) is 0. The van der Waals surface area contributed by atoms with Gasteiger partial charge in [-0.1, -0.05) is 12.1 Å². The van der Waals surface area contributed by atoms with E-state index in [-0.39, 0.29) is 11.6 Å². The molecule has 106 valence electrons. The molecular formula is C16H17F2NS. The fraction of sp³-hybridized carbons (Fsp3) is 0.250. The van der Waals surface area contributed by atoms with Crippen molar-refractivity contribution in [3.05, 3.63) is 65.7 Å². The summed E-state index contributed by atoms with van der Waals surface area (Å²) in [5.41, 5.74) is 1.10. The summed E-state index contributed by atoms with van der Waals surface area (Å²) in [5, 5.41) is 0. The third-order valence-electron chi connectivity index (χ3n) is 2.92. The predicted octanol–water partition coefficient (Wildman–Crippen LogP) is 4.19. The number of nitrogens with zero attached hydrogens (tertiary/aromatic N) is 1. The molecule has 0 aliphatic carbocycles. The molecule has 0 aliphatic rings. The van der Waals surface area contributed by atoms with Crippen molar-refractivity contribution in [2.24, 2.45) is 0 Å². The Hall–Kier alpha value is -1.39. The van der Waals surface area contributed by atoms with E-state index in [9.17, 15) is 8.78 Å². The fourth-order valence-electron chi connectivity index (χ4n) is 1.83. The van der Waals surface area contributed by atoms with Crippen LogP contribution in [0.15, 0.2) is 53.4 Å². The summed E-state index contributed by atoms with van der Waals surface area (Å²) >= 11 is 1.70. The quantitative estimate of drug-likeness (QED) is 0.735. The highest BCUT2D eigenvalue weighted by molar-refractivity contribution is 7.99. The van der Waals surface area contributed by atoms with Gasteiger partial charge in [-0.05, 0) is 49.0 Å². The second-order valence-electron chi connectivity index (χ2n) is 4.67. The van der Waals surface area contributed by atoms with Crippen molar-refractivity contribution in [2.45, 2.75) is 11.4 Å². The minimum Gasteiger partial charge on any atom is -0.301 e. The molecule has 2 aromatic rings. The number of thioether (sulfide) groups is 1. The lowest BCUT2D eigenvalue weighted by atomic mass is 10.2. The van der Waals surface area contributed by atoms with Gasteiger partial charge in [0.25, 0.3) is 0 Å². The molecule has 0 amide bonds. The Bertz CT molecular complexity index is 525. The standard InChI is InChI=1S/C16H17F2NS/c1-19(12-13-2-4-14(17)5-3-13)10-11-20-16-8-6-15(18)7-9-16/h2-9H,10-12H2,1H3. The third-order valence-corrected chi connectivity index (χ3v) is 3.91. The molecule has 0 aliphatic heterocycles. The highest BCUT2D eigenvalue weighted by atomic mass is 32.2. The maximum absolute atomic E-state index is 12.8. The van der Waals surface area contributed by atoms with Crippen molar-refractivity contribution in [1.29, 1.82) is 0 Å². The average molecular weight is 293 g/mol. The van der Waals surface area contributed by atoms with E-state index in [2.05, 4.69) is 4.90 Å². The first kappa shape index (κ1) is 15.0. The van der Waals surface area contributed by atoms with E-state index in [1.165, 1.54) is 24.3 Å². The molecule has 4 heteroatoms. The average Bonchev–Trinajstić information content (AvgIpc) is 2.44. The minimum atomic E-state index is -0.206. The normalized spacial score (nSPS) is 11.0. The molecule has 2 rings (SSSR count). The first-order valence-electron chi connectivity index (χ1n) is 6.45. The Morgan fingerprint density at radius 2 is 1.45 bits per heavy atom. The first-order valence-corrected chi connectivity index (χ1v) is 7.43. The molecule has 20 heavy (non-hydrogen) atoms. The van der Waals surface area contributed by atoms with Crippen molar-refractivity contribution in [3.63, 3.8) is 0 Å². The molecule has 0 fully saturated rings. The van der Waals surface area contributed by atoms with Crippen molar-refractivity contribution >= 4 is 11.8 Å². The SMILES string of the molecule is CN(CCSc1ccc(F)cc1)Cc1ccc(F)cc1. The van der Waals surface area contributed by atoms with Crippen LogP contribution >= 0.6 is 11.8 Å². The molecule has 0 heterocycles. The Morgan fingerprint density at radius 3 is 2.05 bits per heavy atom. The van der Waals surface area contributed by atoms with E-state index in [1.807, 2.05) is 7.05 Å². The van der Waals surface area contributed by atoms with Crippen LogP contribution in [0.25, 0.3) is 0 Å². The molecule has 0 bridgehead atoms. The van der Waals surface area contributed by atoms with Gasteiger partial charge in [0.05, 0.1) is 0 Å². The van der Waals surface area contributed by atoms with Gasteiger partial charge in [0, 0.05) is 23.7 Å². The smallest absolute Gasteiger partial charge is 0.123 e. The molecule has 2 aromatic carbocycles. The second kappa shape index (κ2) is 7.41. The zero-order valence-corrected chi connectivity index (χ0v) is 12.2. The van der Waals surface area contributed by atoms with Gasteiger partial charge in [0.1, 0.15) is 11.6 Å². The molecule has 0 aromatic heterocycles. The highest BCUT2D eigenvalue weighted by Gasteiger charge is 2.02. The van der Waals surface area contributed by atoms with E-state index in [4.69, 9.17) is 0 Å². The third kappa shape index (κ3) is 4.94. The summed E-state index contributed by atoms with van der Waals surface area (Å²) in [6.45, 7) is 1.71. The molecule has 0 radical (unpaired) electrons. The van der Waals surface area contributed by atoms with Gasteiger partial charge in [0.2, 0.25) is 0 Å². The minimum absolute atomic E-state index is 0.205. The number of benzene rings is 2. The van der Waals surface area contributed by atoms with Crippen LogP contribution in [0, 0.1) is 11.6 Å². The lowest BCUT2D eigenvalue weighted by Gasteiger charge is -2.16. The van der Waals surface area contributed by atoms with Crippen LogP contribution in [0.2, 0.25) is 0 Å². The largest absolute Gasteiger partial charge is 0.301 e. The van der Waals surface area contributed by atoms with E-state index in [0.29, 0.717) is 0 Å². The van der Waals surface area contributed by atoms with E-state index >= 15 is 0 Å². The molecule has 0 N–H and O–H groups in total. The van der Waals surface area contributed by atoms with Crippen LogP contribution < -0.4 is 0 Å². The predicted molar refractivity (Wildman–Crippen MR) is 79.9 cm³/mol. The van der Waals surface area contributed by atoms with E-state index in [0.717, 1.165) is 29.3 Å². The molecule has 0 unspecified atom stereocenters. The van der Waals surface area contributed by atoms with Gasteiger partial charge in [-0.3, -0.25) is 0 Å². The first-order chi connectivity index (χ1) is 9.63. The molecule has 0 saturated heterocycles. The lowest BCUT2D eigenvalue weighted by Crippen LogP contribution is -2.20. The molecule has 0 atom stereocenters. The van der Waals surface area contributed by atoms with Gasteiger partial charge in [0.15, 0.2) is 0 Å². The zero-order chi connectivity index (χ0) is 14.4. The summed E-state index contributed by atoms with van der Waals surface area (Å²) in [7, 11) is 2.04. The van der Waals surface area contributed by atoms with Gasteiger partial charge in [-0.2, -0.15) is 0 Å². The molecular weight excluding hydrogens is 276 g/mol. The number of rotatable bonds is 6. The Balaban J connectivity index is 1.73. The maximum atomic E-state index is 12.8. The summed E-state index contributed by atoms with van der Waals surface area (Å²) < 4.78 is 25.6. The molecule has 1 nitrogen and oxygen atoms in total. The van der Waals surface area contributed by atoms with Crippen molar-refractivity contribution in [2.75, 3.05) is 19.3 Å². The lowest BCUT2D eigenvalue weighted by molar-refractivity contribution is 0.348. The van der Waals surface area contributed by atoms with Crippen LogP contribution in [0.3, 0.4) is 0 Å². The van der Waals surface area contributed by atoms with E-state index in [1.54, 1.807) is 36.0 Å². The second-order valence-corrected chi connectivity index (χ2v) is 5.83. The topological polar surface area (TPSA) is 3.24 Å². The zero-order valence-electron chi connectivity index (χ0n) is 11.4. The summed E-state index contributed by atoms with van der Waals surface area (Å²) in [5.74, 6) is 0.523.